The minimum atomic E-state index is -0.411. The van der Waals surface area contributed by atoms with Crippen molar-refractivity contribution in [2.24, 2.45) is 24.3 Å². The zero-order valence-electron chi connectivity index (χ0n) is 13.7. The van der Waals surface area contributed by atoms with Gasteiger partial charge in [0.2, 0.25) is 0 Å². The average Bonchev–Trinajstić information content (AvgIpc) is 3.33. The minimum Gasteiger partial charge on any atom is -0.352 e. The molecular weight excluding hydrogens is 306 g/mol. The van der Waals surface area contributed by atoms with Gasteiger partial charge in [0.15, 0.2) is 5.66 Å². The molecule has 24 heavy (non-hydrogen) atoms. The number of nitrogens with one attached hydrogen (secondary N) is 1. The SMILES string of the molecule is C#CCCC1(CCNC(=O)c2cccc3c2n(C)c(=O)n3C)N=N1. The summed E-state index contributed by atoms with van der Waals surface area (Å²) in [4.78, 5) is 24.6. The number of hydrogen-bond donors (Lipinski definition) is 1. The highest BCUT2D eigenvalue weighted by Gasteiger charge is 2.38. The van der Waals surface area contributed by atoms with Gasteiger partial charge in [-0.1, -0.05) is 6.07 Å². The van der Waals surface area contributed by atoms with Crippen molar-refractivity contribution < 1.29 is 4.79 Å². The van der Waals surface area contributed by atoms with Gasteiger partial charge >= 0.3 is 5.69 Å². The van der Waals surface area contributed by atoms with E-state index in [1.54, 1.807) is 26.2 Å². The molecule has 2 aromatic rings. The molecule has 2 heterocycles. The molecule has 3 rings (SSSR count). The number of aryl methyl sites for hydroxylation is 2. The molecule has 0 fully saturated rings. The molecule has 1 aliphatic heterocycles. The van der Waals surface area contributed by atoms with Gasteiger partial charge in [0.05, 0.1) is 16.6 Å². The zero-order valence-corrected chi connectivity index (χ0v) is 13.7. The smallest absolute Gasteiger partial charge is 0.328 e. The molecule has 0 spiro atoms. The Bertz CT molecular complexity index is 923. The maximum atomic E-state index is 12.5. The zero-order chi connectivity index (χ0) is 17.3. The van der Waals surface area contributed by atoms with Gasteiger partial charge in [0, 0.05) is 39.9 Å². The Morgan fingerprint density at radius 1 is 1.29 bits per heavy atom. The third-order valence-corrected chi connectivity index (χ3v) is 4.39. The summed E-state index contributed by atoms with van der Waals surface area (Å²) >= 11 is 0. The Morgan fingerprint density at radius 3 is 2.71 bits per heavy atom. The van der Waals surface area contributed by atoms with E-state index in [0.29, 0.717) is 36.9 Å². The molecule has 124 valence electrons. The third kappa shape index (κ3) is 2.71. The second kappa shape index (κ2) is 5.96. The molecule has 7 heteroatoms. The van der Waals surface area contributed by atoms with E-state index in [1.807, 2.05) is 6.07 Å². The van der Waals surface area contributed by atoms with E-state index < -0.39 is 5.66 Å². The van der Waals surface area contributed by atoms with Gasteiger partial charge in [-0.2, -0.15) is 10.2 Å². The number of nitrogens with zero attached hydrogens (tertiary/aromatic N) is 4. The second-order valence-electron chi connectivity index (χ2n) is 5.97. The van der Waals surface area contributed by atoms with Crippen molar-refractivity contribution in [3.05, 3.63) is 34.2 Å². The monoisotopic (exact) mass is 325 g/mol. The van der Waals surface area contributed by atoms with Gasteiger partial charge in [-0.3, -0.25) is 13.9 Å². The first kappa shape index (κ1) is 16.0. The summed E-state index contributed by atoms with van der Waals surface area (Å²) < 4.78 is 3.02. The van der Waals surface area contributed by atoms with Gasteiger partial charge < -0.3 is 5.32 Å². The molecule has 0 bridgehead atoms. The number of terminal acetylenes is 1. The van der Waals surface area contributed by atoms with Gasteiger partial charge in [-0.25, -0.2) is 4.79 Å². The van der Waals surface area contributed by atoms with Crippen LogP contribution in [0.25, 0.3) is 11.0 Å². The number of benzene rings is 1. The maximum Gasteiger partial charge on any atom is 0.328 e. The highest BCUT2D eigenvalue weighted by molar-refractivity contribution is 6.05. The lowest BCUT2D eigenvalue weighted by Gasteiger charge is -2.10. The van der Waals surface area contributed by atoms with E-state index in [-0.39, 0.29) is 11.6 Å². The number of carbonyl (C=O) groups is 1. The summed E-state index contributed by atoms with van der Waals surface area (Å²) in [6, 6.07) is 5.32. The standard InChI is InChI=1S/C17H19N5O2/c1-4-5-9-17(19-20-17)10-11-18-15(23)12-7-6-8-13-14(12)22(3)16(24)21(13)2/h1,6-8H,5,9-11H2,2-3H3,(H,18,23). The molecule has 0 aliphatic carbocycles. The van der Waals surface area contributed by atoms with Gasteiger partial charge in [0.25, 0.3) is 5.91 Å². The first-order valence-corrected chi connectivity index (χ1v) is 7.79. The predicted molar refractivity (Wildman–Crippen MR) is 90.8 cm³/mol. The molecule has 1 aliphatic rings. The second-order valence-corrected chi connectivity index (χ2v) is 5.97. The van der Waals surface area contributed by atoms with E-state index in [0.717, 1.165) is 5.52 Å². The van der Waals surface area contributed by atoms with Crippen LogP contribution in [-0.4, -0.2) is 27.2 Å². The van der Waals surface area contributed by atoms with Crippen molar-refractivity contribution in [3.8, 4) is 12.3 Å². The lowest BCUT2D eigenvalue weighted by atomic mass is 10.0. The van der Waals surface area contributed by atoms with Crippen LogP contribution in [0.5, 0.6) is 0 Å². The van der Waals surface area contributed by atoms with Crippen molar-refractivity contribution in [1.29, 1.82) is 0 Å². The summed E-state index contributed by atoms with van der Waals surface area (Å²) in [6.45, 7) is 0.452. The summed E-state index contributed by atoms with van der Waals surface area (Å²) in [5.41, 5.74) is 1.27. The van der Waals surface area contributed by atoms with Crippen molar-refractivity contribution in [1.82, 2.24) is 14.5 Å². The lowest BCUT2D eigenvalue weighted by molar-refractivity contribution is 0.0953. The number of fused-ring (bicyclic) bond motifs is 1. The first-order chi connectivity index (χ1) is 11.5. The Morgan fingerprint density at radius 2 is 2.04 bits per heavy atom. The van der Waals surface area contributed by atoms with Crippen LogP contribution in [0.15, 0.2) is 33.2 Å². The largest absolute Gasteiger partial charge is 0.352 e. The number of imidazole rings is 1. The molecule has 7 nitrogen and oxygen atoms in total. The summed E-state index contributed by atoms with van der Waals surface area (Å²) in [7, 11) is 3.36. The van der Waals surface area contributed by atoms with E-state index in [9.17, 15) is 9.59 Å². The van der Waals surface area contributed by atoms with E-state index in [1.165, 1.54) is 9.13 Å². The summed E-state index contributed by atoms with van der Waals surface area (Å²) in [5.74, 6) is 2.37. The van der Waals surface area contributed by atoms with Crippen molar-refractivity contribution in [3.63, 3.8) is 0 Å². The van der Waals surface area contributed by atoms with E-state index in [2.05, 4.69) is 21.5 Å². The molecule has 1 aromatic heterocycles. The van der Waals surface area contributed by atoms with Crippen molar-refractivity contribution in [2.75, 3.05) is 6.54 Å². The van der Waals surface area contributed by atoms with Crippen molar-refractivity contribution >= 4 is 16.9 Å². The van der Waals surface area contributed by atoms with Gasteiger partial charge in [0.1, 0.15) is 0 Å². The van der Waals surface area contributed by atoms with Crippen LogP contribution >= 0.6 is 0 Å². The Balaban J connectivity index is 1.72. The fraction of sp³-hybridized carbons (Fsp3) is 0.412. The molecule has 1 amide bonds. The average molecular weight is 325 g/mol. The molecule has 0 saturated heterocycles. The Hall–Kier alpha value is -2.88. The molecule has 0 saturated carbocycles. The third-order valence-electron chi connectivity index (χ3n) is 4.39. The molecule has 0 radical (unpaired) electrons. The van der Waals surface area contributed by atoms with Gasteiger partial charge in [-0.15, -0.1) is 12.3 Å². The molecule has 1 N–H and O–H groups in total. The molecule has 1 aromatic carbocycles. The van der Waals surface area contributed by atoms with Crippen LogP contribution in [0, 0.1) is 12.3 Å². The Labute approximate surface area is 139 Å². The number of para-hydroxylation sites is 1. The van der Waals surface area contributed by atoms with E-state index >= 15 is 0 Å². The van der Waals surface area contributed by atoms with Gasteiger partial charge in [-0.05, 0) is 12.1 Å². The highest BCUT2D eigenvalue weighted by Crippen LogP contribution is 2.36. The number of hydrogen-bond acceptors (Lipinski definition) is 4. The van der Waals surface area contributed by atoms with E-state index in [4.69, 9.17) is 6.42 Å². The number of carbonyl (C=O) groups excluding carboxylic acids is 1. The van der Waals surface area contributed by atoms with Crippen LogP contribution in [-0.2, 0) is 14.1 Å². The fourth-order valence-electron chi connectivity index (χ4n) is 2.90. The lowest BCUT2D eigenvalue weighted by Crippen LogP contribution is -2.29. The normalized spacial score (nSPS) is 14.5. The predicted octanol–water partition coefficient (Wildman–Crippen LogP) is 1.57. The summed E-state index contributed by atoms with van der Waals surface area (Å²) in [5, 5.41) is 11.0. The minimum absolute atomic E-state index is 0.158. The van der Waals surface area contributed by atoms with Crippen LogP contribution < -0.4 is 11.0 Å². The molecule has 0 unspecified atom stereocenters. The maximum absolute atomic E-state index is 12.5. The van der Waals surface area contributed by atoms with Crippen LogP contribution in [0.4, 0.5) is 0 Å². The summed E-state index contributed by atoms with van der Waals surface area (Å²) in [6.07, 6.45) is 7.22. The number of amides is 1. The van der Waals surface area contributed by atoms with Crippen LogP contribution in [0.3, 0.4) is 0 Å². The van der Waals surface area contributed by atoms with Crippen LogP contribution in [0.2, 0.25) is 0 Å². The first-order valence-electron chi connectivity index (χ1n) is 7.79. The number of rotatable bonds is 6. The molecular formula is C17H19N5O2. The van der Waals surface area contributed by atoms with Crippen LogP contribution in [0.1, 0.15) is 29.6 Å². The highest BCUT2D eigenvalue weighted by atomic mass is 16.2. The molecule has 0 atom stereocenters. The fourth-order valence-corrected chi connectivity index (χ4v) is 2.90. The number of aromatic nitrogens is 2. The Kier molecular flexibility index (Phi) is 3.97. The van der Waals surface area contributed by atoms with Crippen molar-refractivity contribution in [2.45, 2.75) is 24.9 Å². The topological polar surface area (TPSA) is 80.8 Å². The quantitative estimate of drug-likeness (QED) is 0.818.